The number of carbonyl (C=O) groups is 1. The zero-order chi connectivity index (χ0) is 5.82. The van der Waals surface area contributed by atoms with Crippen molar-refractivity contribution in [2.75, 3.05) is 6.79 Å². The molecule has 0 radical (unpaired) electrons. The SMILES string of the molecule is O=COC1=COCO1. The minimum Gasteiger partial charge on any atom is -0.458 e. The highest BCUT2D eigenvalue weighted by Crippen LogP contribution is 2.04. The van der Waals surface area contributed by atoms with Crippen LogP contribution in [0.4, 0.5) is 0 Å². The molecule has 0 spiro atoms. The van der Waals surface area contributed by atoms with Crippen molar-refractivity contribution in [3.8, 4) is 0 Å². The van der Waals surface area contributed by atoms with Crippen LogP contribution in [0.3, 0.4) is 0 Å². The van der Waals surface area contributed by atoms with E-state index < -0.39 is 0 Å². The lowest BCUT2D eigenvalue weighted by Gasteiger charge is -1.92. The molecule has 44 valence electrons. The van der Waals surface area contributed by atoms with E-state index in [0.717, 1.165) is 0 Å². The summed E-state index contributed by atoms with van der Waals surface area (Å²) in [5.41, 5.74) is 0. The third kappa shape index (κ3) is 0.900. The van der Waals surface area contributed by atoms with Gasteiger partial charge in [0.25, 0.3) is 0 Å². The topological polar surface area (TPSA) is 44.8 Å². The van der Waals surface area contributed by atoms with Crippen molar-refractivity contribution in [2.24, 2.45) is 0 Å². The van der Waals surface area contributed by atoms with Crippen molar-refractivity contribution >= 4 is 6.47 Å². The molecule has 0 saturated heterocycles. The fraction of sp³-hybridized carbons (Fsp3) is 0.250. The highest BCUT2D eigenvalue weighted by atomic mass is 16.8. The van der Waals surface area contributed by atoms with Gasteiger partial charge in [0.1, 0.15) is 0 Å². The lowest BCUT2D eigenvalue weighted by molar-refractivity contribution is -0.130. The Morgan fingerprint density at radius 2 is 2.75 bits per heavy atom. The molecule has 0 atom stereocenters. The molecule has 0 aromatic rings. The fourth-order valence-electron chi connectivity index (χ4n) is 0.337. The van der Waals surface area contributed by atoms with E-state index in [1.807, 2.05) is 0 Å². The van der Waals surface area contributed by atoms with Crippen LogP contribution >= 0.6 is 0 Å². The van der Waals surface area contributed by atoms with E-state index in [9.17, 15) is 4.79 Å². The molecule has 0 unspecified atom stereocenters. The van der Waals surface area contributed by atoms with Crippen LogP contribution in [0.25, 0.3) is 0 Å². The zero-order valence-electron chi connectivity index (χ0n) is 3.99. The van der Waals surface area contributed by atoms with Gasteiger partial charge in [0, 0.05) is 0 Å². The maximum absolute atomic E-state index is 9.56. The normalized spacial score (nSPS) is 15.8. The Bertz CT molecular complexity index is 117. The summed E-state index contributed by atoms with van der Waals surface area (Å²) in [6, 6.07) is 0. The Morgan fingerprint density at radius 1 is 1.88 bits per heavy atom. The van der Waals surface area contributed by atoms with E-state index in [1.165, 1.54) is 6.26 Å². The Balaban J connectivity index is 2.33. The summed E-state index contributed by atoms with van der Waals surface area (Å²) in [6.07, 6.45) is 1.23. The van der Waals surface area contributed by atoms with Gasteiger partial charge in [-0.3, -0.25) is 4.79 Å². The lowest BCUT2D eigenvalue weighted by Crippen LogP contribution is -1.89. The summed E-state index contributed by atoms with van der Waals surface area (Å²) in [5, 5.41) is 0. The molecule has 0 fully saturated rings. The molecule has 0 saturated carbocycles. The summed E-state index contributed by atoms with van der Waals surface area (Å²) >= 11 is 0. The molecule has 4 heteroatoms. The maximum atomic E-state index is 9.56. The molecule has 0 aliphatic carbocycles. The molecule has 0 aromatic heterocycles. The van der Waals surface area contributed by atoms with Crippen LogP contribution in [-0.4, -0.2) is 13.3 Å². The third-order valence-corrected chi connectivity index (χ3v) is 0.613. The molecule has 0 N–H and O–H groups in total. The molecule has 4 nitrogen and oxygen atoms in total. The molecule has 1 heterocycles. The first kappa shape index (κ1) is 4.96. The highest BCUT2D eigenvalue weighted by molar-refractivity contribution is 5.39. The van der Waals surface area contributed by atoms with Crippen molar-refractivity contribution in [3.63, 3.8) is 0 Å². The molecule has 8 heavy (non-hydrogen) atoms. The van der Waals surface area contributed by atoms with Gasteiger partial charge in [0.05, 0.1) is 0 Å². The van der Waals surface area contributed by atoms with Gasteiger partial charge in [0.15, 0.2) is 6.26 Å². The lowest BCUT2D eigenvalue weighted by atomic mass is 11.0. The molecule has 0 aromatic carbocycles. The Kier molecular flexibility index (Phi) is 1.37. The van der Waals surface area contributed by atoms with Crippen LogP contribution in [0.5, 0.6) is 0 Å². The second kappa shape index (κ2) is 2.20. The van der Waals surface area contributed by atoms with Crippen LogP contribution in [0.1, 0.15) is 0 Å². The van der Waals surface area contributed by atoms with E-state index in [1.54, 1.807) is 0 Å². The molecule has 0 amide bonds. The molecule has 1 aliphatic heterocycles. The van der Waals surface area contributed by atoms with Gasteiger partial charge in [-0.2, -0.15) is 0 Å². The number of hydrogen-bond donors (Lipinski definition) is 0. The van der Waals surface area contributed by atoms with Crippen LogP contribution in [0.2, 0.25) is 0 Å². The fourth-order valence-corrected chi connectivity index (χ4v) is 0.337. The summed E-state index contributed by atoms with van der Waals surface area (Å²) in [5.74, 6) is 0.111. The van der Waals surface area contributed by atoms with Crippen LogP contribution < -0.4 is 0 Å². The average Bonchev–Trinajstić information content (AvgIpc) is 2.19. The summed E-state index contributed by atoms with van der Waals surface area (Å²) in [7, 11) is 0. The van der Waals surface area contributed by atoms with E-state index in [0.29, 0.717) is 0 Å². The number of carbonyl (C=O) groups excluding carboxylic acids is 1. The smallest absolute Gasteiger partial charge is 0.326 e. The highest BCUT2D eigenvalue weighted by Gasteiger charge is 2.04. The second-order valence-corrected chi connectivity index (χ2v) is 1.08. The van der Waals surface area contributed by atoms with Crippen LogP contribution in [-0.2, 0) is 19.0 Å². The van der Waals surface area contributed by atoms with Gasteiger partial charge in [-0.1, -0.05) is 0 Å². The van der Waals surface area contributed by atoms with E-state index >= 15 is 0 Å². The Morgan fingerprint density at radius 3 is 3.25 bits per heavy atom. The van der Waals surface area contributed by atoms with E-state index in [4.69, 9.17) is 0 Å². The van der Waals surface area contributed by atoms with Gasteiger partial charge in [-0.05, 0) is 0 Å². The zero-order valence-corrected chi connectivity index (χ0v) is 3.99. The predicted molar refractivity (Wildman–Crippen MR) is 22.3 cm³/mol. The van der Waals surface area contributed by atoms with Gasteiger partial charge in [-0.15, -0.1) is 0 Å². The minimum atomic E-state index is 0.111. The van der Waals surface area contributed by atoms with Crippen LogP contribution in [0, 0.1) is 0 Å². The van der Waals surface area contributed by atoms with Crippen molar-refractivity contribution in [1.29, 1.82) is 0 Å². The number of rotatable bonds is 2. The predicted octanol–water partition coefficient (Wildman–Crippen LogP) is -0.0374. The molecular formula is C4H4O4. The number of ether oxygens (including phenoxy) is 3. The standard InChI is InChI=1S/C4H4O4/c5-2-7-4-1-6-3-8-4/h1-2H,3H2. The quantitative estimate of drug-likeness (QED) is 0.475. The van der Waals surface area contributed by atoms with Gasteiger partial charge >= 0.3 is 12.4 Å². The first-order valence-electron chi connectivity index (χ1n) is 1.98. The van der Waals surface area contributed by atoms with Crippen molar-refractivity contribution in [3.05, 3.63) is 12.2 Å². The molecule has 1 aliphatic rings. The van der Waals surface area contributed by atoms with Gasteiger partial charge in [0.2, 0.25) is 6.79 Å². The van der Waals surface area contributed by atoms with Crippen molar-refractivity contribution < 1.29 is 19.0 Å². The largest absolute Gasteiger partial charge is 0.458 e. The molecule has 1 rings (SSSR count). The minimum absolute atomic E-state index is 0.111. The summed E-state index contributed by atoms with van der Waals surface area (Å²) in [4.78, 5) is 9.56. The summed E-state index contributed by atoms with van der Waals surface area (Å²) < 4.78 is 13.4. The molecular weight excluding hydrogens is 112 g/mol. The first-order valence-corrected chi connectivity index (χ1v) is 1.98. The third-order valence-electron chi connectivity index (χ3n) is 0.613. The van der Waals surface area contributed by atoms with Crippen molar-refractivity contribution in [2.45, 2.75) is 0 Å². The number of hydrogen-bond acceptors (Lipinski definition) is 4. The monoisotopic (exact) mass is 116 g/mol. The maximum Gasteiger partial charge on any atom is 0.326 e. The van der Waals surface area contributed by atoms with E-state index in [2.05, 4.69) is 14.2 Å². The summed E-state index contributed by atoms with van der Waals surface area (Å²) in [6.45, 7) is 0.406. The van der Waals surface area contributed by atoms with Crippen LogP contribution in [0.15, 0.2) is 12.2 Å². The van der Waals surface area contributed by atoms with E-state index in [-0.39, 0.29) is 19.2 Å². The Labute approximate surface area is 45.6 Å². The van der Waals surface area contributed by atoms with Gasteiger partial charge in [-0.25, -0.2) is 0 Å². The first-order chi connectivity index (χ1) is 3.93. The van der Waals surface area contributed by atoms with Crippen molar-refractivity contribution in [1.82, 2.24) is 0 Å². The van der Waals surface area contributed by atoms with Gasteiger partial charge < -0.3 is 14.2 Å². The second-order valence-electron chi connectivity index (χ2n) is 1.08. The average molecular weight is 116 g/mol. The molecule has 0 bridgehead atoms. The Hall–Kier alpha value is -1.19.